The van der Waals surface area contributed by atoms with E-state index >= 15 is 0 Å². The predicted molar refractivity (Wildman–Crippen MR) is 57.9 cm³/mol. The molecular formula is C8H5ClN2O2S. The van der Waals surface area contributed by atoms with Crippen molar-refractivity contribution in [2.24, 2.45) is 0 Å². The molecule has 0 saturated heterocycles. The van der Waals surface area contributed by atoms with Gasteiger partial charge in [0, 0.05) is 11.5 Å². The van der Waals surface area contributed by atoms with Gasteiger partial charge >= 0.3 is 0 Å². The highest BCUT2D eigenvalue weighted by Crippen LogP contribution is 2.41. The number of fused-ring (bicyclic) bond motifs is 1. The van der Waals surface area contributed by atoms with Crippen LogP contribution in [0.1, 0.15) is 0 Å². The van der Waals surface area contributed by atoms with Crippen LogP contribution in [0.5, 0.6) is 0 Å². The molecule has 0 amide bonds. The molecule has 72 valence electrons. The molecule has 1 aromatic heterocycles. The molecule has 0 aliphatic rings. The fraction of sp³-hybridized carbons (Fsp3) is 0. The molecule has 2 rings (SSSR count). The van der Waals surface area contributed by atoms with Crippen LogP contribution >= 0.6 is 22.9 Å². The summed E-state index contributed by atoms with van der Waals surface area (Å²) in [4.78, 5) is 10.2. The van der Waals surface area contributed by atoms with Crippen LogP contribution in [-0.2, 0) is 0 Å². The highest BCUT2D eigenvalue weighted by atomic mass is 35.5. The quantitative estimate of drug-likeness (QED) is 0.602. The average Bonchev–Trinajstić information content (AvgIpc) is 2.43. The predicted octanol–water partition coefficient (Wildman–Crippen LogP) is 3.05. The van der Waals surface area contributed by atoms with Gasteiger partial charge in [-0.2, -0.15) is 0 Å². The Kier molecular flexibility index (Phi) is 2.05. The van der Waals surface area contributed by atoms with Crippen molar-refractivity contribution in [1.29, 1.82) is 0 Å². The van der Waals surface area contributed by atoms with E-state index in [1.54, 1.807) is 12.1 Å². The zero-order valence-electron chi connectivity index (χ0n) is 6.86. The molecule has 6 heteroatoms. The second-order valence-corrected chi connectivity index (χ2v) is 4.32. The third-order valence-electron chi connectivity index (χ3n) is 1.88. The maximum Gasteiger partial charge on any atom is 0.287 e. The van der Waals surface area contributed by atoms with Crippen molar-refractivity contribution in [3.05, 3.63) is 32.6 Å². The van der Waals surface area contributed by atoms with Gasteiger partial charge in [0.05, 0.1) is 10.6 Å². The van der Waals surface area contributed by atoms with Gasteiger partial charge in [-0.3, -0.25) is 10.1 Å². The van der Waals surface area contributed by atoms with Crippen LogP contribution in [0.15, 0.2) is 18.2 Å². The number of hydrogen-bond donors (Lipinski definition) is 1. The lowest BCUT2D eigenvalue weighted by molar-refractivity contribution is -0.382. The smallest absolute Gasteiger partial charge is 0.287 e. The largest absolute Gasteiger partial charge is 0.396 e. The van der Waals surface area contributed by atoms with Crippen LogP contribution in [0, 0.1) is 10.1 Å². The lowest BCUT2D eigenvalue weighted by atomic mass is 10.2. The zero-order valence-corrected chi connectivity index (χ0v) is 8.43. The summed E-state index contributed by atoms with van der Waals surface area (Å²) in [5.74, 6) is 0. The molecule has 0 fully saturated rings. The summed E-state index contributed by atoms with van der Waals surface area (Å²) in [7, 11) is 0. The van der Waals surface area contributed by atoms with E-state index in [1.807, 2.05) is 0 Å². The first-order chi connectivity index (χ1) is 6.61. The maximum atomic E-state index is 10.7. The van der Waals surface area contributed by atoms with Gasteiger partial charge in [0.25, 0.3) is 5.69 Å². The lowest BCUT2D eigenvalue weighted by Gasteiger charge is -1.92. The van der Waals surface area contributed by atoms with Crippen molar-refractivity contribution in [1.82, 2.24) is 0 Å². The molecule has 0 saturated carbocycles. The molecule has 0 aliphatic carbocycles. The summed E-state index contributed by atoms with van der Waals surface area (Å²) >= 11 is 6.93. The summed E-state index contributed by atoms with van der Waals surface area (Å²) in [6.45, 7) is 0. The topological polar surface area (TPSA) is 69.2 Å². The first-order valence-corrected chi connectivity index (χ1v) is 4.91. The van der Waals surface area contributed by atoms with Crippen LogP contribution in [0.25, 0.3) is 10.1 Å². The Morgan fingerprint density at radius 3 is 2.86 bits per heavy atom. The molecule has 0 aliphatic heterocycles. The van der Waals surface area contributed by atoms with Gasteiger partial charge < -0.3 is 5.73 Å². The van der Waals surface area contributed by atoms with Gasteiger partial charge in [-0.05, 0) is 0 Å². The number of anilines is 1. The molecule has 0 radical (unpaired) electrons. The minimum absolute atomic E-state index is 0.0473. The number of benzene rings is 1. The summed E-state index contributed by atoms with van der Waals surface area (Å²) in [6.07, 6.45) is 0. The second kappa shape index (κ2) is 3.11. The van der Waals surface area contributed by atoms with E-state index in [-0.39, 0.29) is 5.69 Å². The van der Waals surface area contributed by atoms with Gasteiger partial charge in [-0.25, -0.2) is 0 Å². The molecule has 2 aromatic rings. The minimum atomic E-state index is -0.436. The Morgan fingerprint density at radius 2 is 2.21 bits per heavy atom. The van der Waals surface area contributed by atoms with Gasteiger partial charge in [-0.15, -0.1) is 11.3 Å². The van der Waals surface area contributed by atoms with Crippen molar-refractivity contribution in [3.8, 4) is 0 Å². The minimum Gasteiger partial charge on any atom is -0.396 e. The van der Waals surface area contributed by atoms with Gasteiger partial charge in [0.15, 0.2) is 0 Å². The van der Waals surface area contributed by atoms with Crippen LogP contribution < -0.4 is 5.73 Å². The van der Waals surface area contributed by atoms with E-state index in [4.69, 9.17) is 17.3 Å². The molecule has 0 spiro atoms. The highest BCUT2D eigenvalue weighted by Gasteiger charge is 2.16. The molecule has 4 nitrogen and oxygen atoms in total. The summed E-state index contributed by atoms with van der Waals surface area (Å²) in [5.41, 5.74) is 6.12. The summed E-state index contributed by atoms with van der Waals surface area (Å²) in [6, 6.07) is 4.76. The summed E-state index contributed by atoms with van der Waals surface area (Å²) in [5, 5.41) is 11.3. The Labute approximate surface area is 88.0 Å². The lowest BCUT2D eigenvalue weighted by Crippen LogP contribution is -1.87. The fourth-order valence-corrected chi connectivity index (χ4v) is 2.51. The van der Waals surface area contributed by atoms with Crippen molar-refractivity contribution in [3.63, 3.8) is 0 Å². The van der Waals surface area contributed by atoms with Gasteiger partial charge in [0.1, 0.15) is 9.04 Å². The molecule has 0 atom stereocenters. The Morgan fingerprint density at radius 1 is 1.50 bits per heavy atom. The molecule has 1 aromatic carbocycles. The first-order valence-electron chi connectivity index (χ1n) is 3.72. The van der Waals surface area contributed by atoms with E-state index < -0.39 is 4.92 Å². The monoisotopic (exact) mass is 228 g/mol. The Balaban J connectivity index is 2.88. The number of nitrogens with zero attached hydrogens (tertiary/aromatic N) is 1. The van der Waals surface area contributed by atoms with E-state index in [2.05, 4.69) is 0 Å². The fourth-order valence-electron chi connectivity index (χ4n) is 1.24. The molecule has 0 bridgehead atoms. The molecule has 14 heavy (non-hydrogen) atoms. The van der Waals surface area contributed by atoms with Crippen LogP contribution in [0.4, 0.5) is 11.4 Å². The van der Waals surface area contributed by atoms with E-state index in [0.717, 1.165) is 11.3 Å². The van der Waals surface area contributed by atoms with Crippen LogP contribution in [-0.4, -0.2) is 4.92 Å². The van der Waals surface area contributed by atoms with Crippen LogP contribution in [0.2, 0.25) is 4.34 Å². The van der Waals surface area contributed by atoms with Gasteiger partial charge in [-0.1, -0.05) is 23.7 Å². The molecular weight excluding hydrogens is 224 g/mol. The second-order valence-electron chi connectivity index (χ2n) is 2.70. The number of nitro groups is 1. The normalized spacial score (nSPS) is 10.6. The molecule has 0 unspecified atom stereocenters. The van der Waals surface area contributed by atoms with Crippen LogP contribution in [0.3, 0.4) is 0 Å². The van der Waals surface area contributed by atoms with Gasteiger partial charge in [0.2, 0.25) is 0 Å². The number of nitrogen functional groups attached to an aromatic ring is 1. The average molecular weight is 229 g/mol. The Bertz CT molecular complexity index is 523. The van der Waals surface area contributed by atoms with E-state index in [9.17, 15) is 10.1 Å². The molecule has 2 N–H and O–H groups in total. The van der Waals surface area contributed by atoms with E-state index in [0.29, 0.717) is 20.1 Å². The third kappa shape index (κ3) is 1.21. The number of non-ortho nitro benzene ring substituents is 1. The van der Waals surface area contributed by atoms with Crippen molar-refractivity contribution >= 4 is 44.4 Å². The standard InChI is InChI=1S/C8H5ClN2O2S/c9-8-6(10)4-2-1-3-5(11(12)13)7(4)14-8/h1-3H,10H2. The number of nitrogens with two attached hydrogens (primary N) is 1. The SMILES string of the molecule is Nc1c(Cl)sc2c([N+](=O)[O-])cccc12. The van der Waals surface area contributed by atoms with Crippen molar-refractivity contribution < 1.29 is 4.92 Å². The maximum absolute atomic E-state index is 10.7. The van der Waals surface area contributed by atoms with Crippen molar-refractivity contribution in [2.45, 2.75) is 0 Å². The zero-order chi connectivity index (χ0) is 10.3. The number of thiophene rings is 1. The number of rotatable bonds is 1. The number of halogens is 1. The highest BCUT2D eigenvalue weighted by molar-refractivity contribution is 7.24. The van der Waals surface area contributed by atoms with E-state index in [1.165, 1.54) is 6.07 Å². The number of nitro benzene ring substituents is 1. The summed E-state index contributed by atoms with van der Waals surface area (Å²) < 4.78 is 0.925. The first kappa shape index (κ1) is 9.23. The number of hydrogen-bond acceptors (Lipinski definition) is 4. The molecule has 1 heterocycles. The van der Waals surface area contributed by atoms with Crippen molar-refractivity contribution in [2.75, 3.05) is 5.73 Å². The Hall–Kier alpha value is -1.33. The third-order valence-corrected chi connectivity index (χ3v) is 3.35.